The third-order valence-corrected chi connectivity index (χ3v) is 4.45. The first-order valence-corrected chi connectivity index (χ1v) is 9.15. The van der Waals surface area contributed by atoms with Gasteiger partial charge in [-0.15, -0.1) is 0 Å². The highest BCUT2D eigenvalue weighted by atomic mass is 15.0. The van der Waals surface area contributed by atoms with Crippen molar-refractivity contribution >= 4 is 17.2 Å². The molecule has 0 saturated heterocycles. The minimum atomic E-state index is 0.752. The summed E-state index contributed by atoms with van der Waals surface area (Å²) in [7, 11) is 0. The molecule has 136 valence electrons. The number of pyridine rings is 1. The standard InChI is InChI=1S/C24H25N3/c1-4-18(3)26-22-12-8-9-13-23(22)27-24-17-19(14-15-25-24)16-21-11-7-6-10-20(21)5-2/h4,6-15,17,26H,1,3,5,16H2,2H3,(H,25,27). The van der Waals surface area contributed by atoms with E-state index in [1.807, 2.05) is 30.5 Å². The molecule has 1 heterocycles. The monoisotopic (exact) mass is 355 g/mol. The van der Waals surface area contributed by atoms with Gasteiger partial charge in [0.25, 0.3) is 0 Å². The molecule has 0 aliphatic carbocycles. The van der Waals surface area contributed by atoms with Crippen LogP contribution >= 0.6 is 0 Å². The van der Waals surface area contributed by atoms with E-state index in [-0.39, 0.29) is 0 Å². The minimum Gasteiger partial charge on any atom is -0.354 e. The van der Waals surface area contributed by atoms with E-state index >= 15 is 0 Å². The number of hydrogen-bond acceptors (Lipinski definition) is 3. The molecular formula is C24H25N3. The van der Waals surface area contributed by atoms with Gasteiger partial charge in [0.05, 0.1) is 11.4 Å². The van der Waals surface area contributed by atoms with Gasteiger partial charge in [0.1, 0.15) is 5.82 Å². The summed E-state index contributed by atoms with van der Waals surface area (Å²) in [6.45, 7) is 9.86. The average molecular weight is 355 g/mol. The van der Waals surface area contributed by atoms with Crippen LogP contribution in [0.1, 0.15) is 23.6 Å². The van der Waals surface area contributed by atoms with Gasteiger partial charge in [-0.3, -0.25) is 0 Å². The number of para-hydroxylation sites is 2. The summed E-state index contributed by atoms with van der Waals surface area (Å²) in [5.41, 5.74) is 6.62. The molecule has 2 N–H and O–H groups in total. The maximum absolute atomic E-state index is 4.48. The van der Waals surface area contributed by atoms with E-state index < -0.39 is 0 Å². The van der Waals surface area contributed by atoms with Gasteiger partial charge in [-0.25, -0.2) is 4.98 Å². The average Bonchev–Trinajstić information content (AvgIpc) is 2.70. The number of allylic oxidation sites excluding steroid dienone is 1. The SMILES string of the molecule is C=CC(=C)Nc1ccccc1Nc1cc(Cc2ccccc2CC)ccn1. The number of anilines is 3. The van der Waals surface area contributed by atoms with E-state index in [4.69, 9.17) is 0 Å². The minimum absolute atomic E-state index is 0.752. The molecule has 3 aromatic rings. The molecule has 3 nitrogen and oxygen atoms in total. The normalized spacial score (nSPS) is 10.3. The van der Waals surface area contributed by atoms with Crippen LogP contribution in [0.15, 0.2) is 91.8 Å². The van der Waals surface area contributed by atoms with Crippen molar-refractivity contribution in [3.63, 3.8) is 0 Å². The van der Waals surface area contributed by atoms with Crippen molar-refractivity contribution < 1.29 is 0 Å². The Balaban J connectivity index is 1.81. The zero-order valence-electron chi connectivity index (χ0n) is 15.7. The second kappa shape index (κ2) is 8.86. The smallest absolute Gasteiger partial charge is 0.130 e. The summed E-state index contributed by atoms with van der Waals surface area (Å²) in [6.07, 6.45) is 5.48. The van der Waals surface area contributed by atoms with Crippen molar-refractivity contribution in [3.05, 3.63) is 108 Å². The predicted octanol–water partition coefficient (Wildman–Crippen LogP) is 6.09. The first-order chi connectivity index (χ1) is 13.2. The molecule has 0 spiro atoms. The molecule has 0 aliphatic rings. The Hall–Kier alpha value is -3.33. The Morgan fingerprint density at radius 1 is 1.00 bits per heavy atom. The fourth-order valence-corrected chi connectivity index (χ4v) is 3.01. The lowest BCUT2D eigenvalue weighted by Crippen LogP contribution is -2.01. The Morgan fingerprint density at radius 2 is 1.70 bits per heavy atom. The van der Waals surface area contributed by atoms with Crippen LogP contribution in [0, 0.1) is 0 Å². The van der Waals surface area contributed by atoms with Crippen LogP contribution in [-0.4, -0.2) is 4.98 Å². The summed E-state index contributed by atoms with van der Waals surface area (Å²) in [5.74, 6) is 0.819. The molecule has 0 atom stereocenters. The fourth-order valence-electron chi connectivity index (χ4n) is 3.01. The lowest BCUT2D eigenvalue weighted by Gasteiger charge is -2.14. The summed E-state index contributed by atoms with van der Waals surface area (Å²) >= 11 is 0. The molecule has 0 aliphatic heterocycles. The summed E-state index contributed by atoms with van der Waals surface area (Å²) in [4.78, 5) is 4.48. The fraction of sp³-hybridized carbons (Fsp3) is 0.125. The molecular weight excluding hydrogens is 330 g/mol. The number of nitrogens with zero attached hydrogens (tertiary/aromatic N) is 1. The molecule has 0 radical (unpaired) electrons. The third-order valence-electron chi connectivity index (χ3n) is 4.45. The Morgan fingerprint density at radius 3 is 2.44 bits per heavy atom. The molecule has 0 unspecified atom stereocenters. The van der Waals surface area contributed by atoms with Crippen molar-refractivity contribution in [1.29, 1.82) is 0 Å². The second-order valence-corrected chi connectivity index (χ2v) is 6.37. The maximum Gasteiger partial charge on any atom is 0.130 e. The molecule has 27 heavy (non-hydrogen) atoms. The Kier molecular flexibility index (Phi) is 6.06. The molecule has 0 fully saturated rings. The Labute approximate surface area is 161 Å². The largest absolute Gasteiger partial charge is 0.354 e. The number of hydrogen-bond donors (Lipinski definition) is 2. The lowest BCUT2D eigenvalue weighted by atomic mass is 9.99. The van der Waals surface area contributed by atoms with E-state index in [1.54, 1.807) is 6.08 Å². The van der Waals surface area contributed by atoms with Gasteiger partial charge in [0.2, 0.25) is 0 Å². The van der Waals surface area contributed by atoms with Crippen LogP contribution in [0.3, 0.4) is 0 Å². The molecule has 3 heteroatoms. The highest BCUT2D eigenvalue weighted by Gasteiger charge is 2.06. The van der Waals surface area contributed by atoms with Crippen molar-refractivity contribution in [3.8, 4) is 0 Å². The lowest BCUT2D eigenvalue weighted by molar-refractivity contribution is 1.06. The number of rotatable bonds is 8. The van der Waals surface area contributed by atoms with Crippen molar-refractivity contribution in [2.45, 2.75) is 19.8 Å². The molecule has 3 rings (SSSR count). The maximum atomic E-state index is 4.48. The van der Waals surface area contributed by atoms with Gasteiger partial charge < -0.3 is 10.6 Å². The summed E-state index contributed by atoms with van der Waals surface area (Å²) < 4.78 is 0. The van der Waals surface area contributed by atoms with Crippen molar-refractivity contribution in [2.75, 3.05) is 10.6 Å². The highest BCUT2D eigenvalue weighted by Crippen LogP contribution is 2.26. The van der Waals surface area contributed by atoms with Crippen LogP contribution in [0.5, 0.6) is 0 Å². The highest BCUT2D eigenvalue weighted by molar-refractivity contribution is 5.75. The van der Waals surface area contributed by atoms with Crippen molar-refractivity contribution in [2.24, 2.45) is 0 Å². The predicted molar refractivity (Wildman–Crippen MR) is 116 cm³/mol. The summed E-state index contributed by atoms with van der Waals surface area (Å²) in [5, 5.41) is 6.65. The first-order valence-electron chi connectivity index (χ1n) is 9.15. The number of aryl methyl sites for hydroxylation is 1. The van der Waals surface area contributed by atoms with Gasteiger partial charge in [0.15, 0.2) is 0 Å². The van der Waals surface area contributed by atoms with Crippen LogP contribution in [0.2, 0.25) is 0 Å². The number of aromatic nitrogens is 1. The Bertz CT molecular complexity index is 944. The second-order valence-electron chi connectivity index (χ2n) is 6.37. The molecule has 0 saturated carbocycles. The third kappa shape index (κ3) is 4.85. The molecule has 2 aromatic carbocycles. The first kappa shape index (κ1) is 18.5. The van der Waals surface area contributed by atoms with E-state index in [2.05, 4.69) is 72.1 Å². The number of benzene rings is 2. The van der Waals surface area contributed by atoms with E-state index in [9.17, 15) is 0 Å². The molecule has 0 bridgehead atoms. The van der Waals surface area contributed by atoms with E-state index in [0.29, 0.717) is 0 Å². The number of nitrogens with one attached hydrogen (secondary N) is 2. The van der Waals surface area contributed by atoms with Crippen LogP contribution < -0.4 is 10.6 Å². The van der Waals surface area contributed by atoms with Crippen LogP contribution in [-0.2, 0) is 12.8 Å². The van der Waals surface area contributed by atoms with Gasteiger partial charge >= 0.3 is 0 Å². The van der Waals surface area contributed by atoms with E-state index in [0.717, 1.165) is 35.7 Å². The van der Waals surface area contributed by atoms with Gasteiger partial charge in [-0.1, -0.05) is 56.5 Å². The quantitative estimate of drug-likeness (QED) is 0.480. The van der Waals surface area contributed by atoms with Crippen molar-refractivity contribution in [1.82, 2.24) is 4.98 Å². The topological polar surface area (TPSA) is 37.0 Å². The van der Waals surface area contributed by atoms with Gasteiger partial charge in [-0.05, 0) is 59.9 Å². The van der Waals surface area contributed by atoms with E-state index in [1.165, 1.54) is 16.7 Å². The van der Waals surface area contributed by atoms with Gasteiger partial charge in [-0.2, -0.15) is 0 Å². The molecule has 0 amide bonds. The summed E-state index contributed by atoms with van der Waals surface area (Å²) in [6, 6.07) is 20.8. The zero-order chi connectivity index (χ0) is 19.1. The van der Waals surface area contributed by atoms with Crippen LogP contribution in [0.4, 0.5) is 17.2 Å². The zero-order valence-corrected chi connectivity index (χ0v) is 15.7. The van der Waals surface area contributed by atoms with Gasteiger partial charge in [0, 0.05) is 11.9 Å². The molecule has 1 aromatic heterocycles. The van der Waals surface area contributed by atoms with Crippen LogP contribution in [0.25, 0.3) is 0 Å².